The molecular weight excluding hydrogens is 1030 g/mol. The van der Waals surface area contributed by atoms with Gasteiger partial charge in [0.2, 0.25) is 29.5 Å². The second-order valence-electron chi connectivity index (χ2n) is 19.0. The molecule has 0 aliphatic heterocycles. The van der Waals surface area contributed by atoms with Crippen molar-refractivity contribution in [2.75, 3.05) is 0 Å². The fraction of sp³-hybridized carbons (Fsp3) is 0.0847. The van der Waals surface area contributed by atoms with Gasteiger partial charge in [-0.05, 0) is 108 Å². The highest BCUT2D eigenvalue weighted by Gasteiger charge is 2.37. The number of carbonyl (C=O) groups is 3. The summed E-state index contributed by atoms with van der Waals surface area (Å²) in [7, 11) is -12.6. The Morgan fingerprint density at radius 2 is 0.584 bits per heavy atom. The van der Waals surface area contributed by atoms with E-state index >= 15 is 0 Å². The second kappa shape index (κ2) is 18.8. The van der Waals surface area contributed by atoms with Crippen molar-refractivity contribution in [1.82, 2.24) is 0 Å². The molecule has 10 rings (SSSR count). The predicted molar refractivity (Wildman–Crippen MR) is 285 cm³/mol. The summed E-state index contributed by atoms with van der Waals surface area (Å²) in [5.74, 6) is -1.88. The number of nitrogens with zero attached hydrogens (tertiary/aromatic N) is 6. The van der Waals surface area contributed by atoms with Crippen molar-refractivity contribution in [1.29, 1.82) is 0 Å². The van der Waals surface area contributed by atoms with Crippen LogP contribution in [0.1, 0.15) is 96.4 Å². The average Bonchev–Trinajstić information content (AvgIpc) is 3.45. The summed E-state index contributed by atoms with van der Waals surface area (Å²) in [4.78, 5) is 47.4. The second-order valence-corrected chi connectivity index (χ2v) is 24.8. The highest BCUT2D eigenvalue weighted by molar-refractivity contribution is 7.92. The average molecular weight is 1070 g/mol. The van der Waals surface area contributed by atoms with Gasteiger partial charge in [0.1, 0.15) is 0 Å². The molecule has 0 saturated carbocycles. The van der Waals surface area contributed by atoms with Crippen LogP contribution in [0.3, 0.4) is 0 Å². The van der Waals surface area contributed by atoms with Crippen molar-refractivity contribution >= 4 is 82.2 Å². The third-order valence-corrected chi connectivity index (χ3v) is 20.1. The Bertz CT molecular complexity index is 4220. The van der Waals surface area contributed by atoms with Gasteiger partial charge in [-0.15, -0.1) is 0 Å². The number of hydrogen-bond donors (Lipinski definition) is 0. The molecule has 0 radical (unpaired) electrons. The largest absolute Gasteiger partial charge is 0.362 e. The molecule has 0 N–H and O–H groups in total. The molecule has 0 bridgehead atoms. The van der Waals surface area contributed by atoms with Crippen LogP contribution in [-0.4, -0.2) is 74.1 Å². The van der Waals surface area contributed by atoms with E-state index in [9.17, 15) is 56.2 Å². The van der Waals surface area contributed by atoms with Crippen molar-refractivity contribution in [2.24, 2.45) is 0 Å². The standard InChI is InChI=1S/C59H40N6O9S3/c1-58(2,36-17-23-40(24-18-36)75(69,70)52-10-4-7-46-43(52)29-32-49(63-60)55(46)66)35-13-15-37(16-14-35)59(3,38-19-25-41(26-20-38)76(71,72)53-11-5-8-47-44(53)30-33-50(64-61)56(47)67)39-21-27-42(28-22-39)77(73,74)54-12-6-9-48-45(54)31-34-51(65-62)57(48)68/h4-34H,1-3H3. The number of sulfone groups is 3. The molecule has 0 spiro atoms. The molecule has 0 aromatic heterocycles. The van der Waals surface area contributed by atoms with Crippen LogP contribution < -0.4 is 0 Å². The minimum Gasteiger partial charge on any atom is -0.361 e. The number of allylic oxidation sites excluding steroid dienone is 3. The van der Waals surface area contributed by atoms with Gasteiger partial charge < -0.3 is 16.6 Å². The van der Waals surface area contributed by atoms with Crippen LogP contribution in [0, 0.1) is 0 Å². The third-order valence-electron chi connectivity index (χ3n) is 14.6. The summed E-state index contributed by atoms with van der Waals surface area (Å²) in [5.41, 5.74) is 29.7. The smallest absolute Gasteiger partial charge is 0.361 e. The Balaban J connectivity index is 1.02. The van der Waals surface area contributed by atoms with Crippen LogP contribution in [0.5, 0.6) is 0 Å². The SMILES string of the molecule is CC(C)(c1ccc(C(C)(c2ccc(S(=O)(=O)c3cccc4c3C=CC(=[N+]=[N-])C4=O)cc2)c2ccc(S(=O)(=O)c3cccc4c3C=CC(=[N+]=[N-])C4=O)cc2)cc1)c1ccc(S(=O)(=O)c2cccc3c2C=CC(=[N+]=[N-])C3=O)cc1. The van der Waals surface area contributed by atoms with E-state index < -0.39 is 57.7 Å². The lowest BCUT2D eigenvalue weighted by Gasteiger charge is -2.33. The van der Waals surface area contributed by atoms with E-state index in [1.165, 1.54) is 127 Å². The van der Waals surface area contributed by atoms with Crippen LogP contribution in [0.2, 0.25) is 0 Å². The van der Waals surface area contributed by atoms with E-state index in [0.717, 1.165) is 16.7 Å². The van der Waals surface area contributed by atoms with Crippen LogP contribution >= 0.6 is 0 Å². The van der Waals surface area contributed by atoms with Crippen LogP contribution in [0.4, 0.5) is 0 Å². The Hall–Kier alpha value is -9.24. The molecule has 7 aromatic rings. The Morgan fingerprint density at radius 3 is 0.857 bits per heavy atom. The highest BCUT2D eigenvalue weighted by Crippen LogP contribution is 2.43. The van der Waals surface area contributed by atoms with Gasteiger partial charge in [-0.1, -0.05) is 111 Å². The molecule has 0 atom stereocenters. The summed E-state index contributed by atoms with van der Waals surface area (Å²) in [5, 5.41) is 0. The van der Waals surface area contributed by atoms with E-state index in [1.54, 1.807) is 36.4 Å². The number of rotatable bonds is 11. The van der Waals surface area contributed by atoms with E-state index in [2.05, 4.69) is 14.4 Å². The summed E-state index contributed by atoms with van der Waals surface area (Å²) in [6.07, 6.45) is 8.00. The molecular formula is C59H40N6O9S3. The predicted octanol–water partition coefficient (Wildman–Crippen LogP) is 9.51. The molecule has 378 valence electrons. The third kappa shape index (κ3) is 8.29. The monoisotopic (exact) mass is 1070 g/mol. The zero-order valence-electron chi connectivity index (χ0n) is 41.0. The molecule has 15 nitrogen and oxygen atoms in total. The maximum atomic E-state index is 14.3. The van der Waals surface area contributed by atoms with Crippen LogP contribution in [-0.2, 0) is 40.3 Å². The first-order chi connectivity index (χ1) is 36.7. The summed E-state index contributed by atoms with van der Waals surface area (Å²) in [6, 6.07) is 39.6. The number of fused-ring (bicyclic) bond motifs is 3. The first-order valence-corrected chi connectivity index (χ1v) is 28.1. The summed E-state index contributed by atoms with van der Waals surface area (Å²) in [6.45, 7) is 5.88. The van der Waals surface area contributed by atoms with Gasteiger partial charge in [-0.3, -0.25) is 14.4 Å². The number of ketones is 3. The van der Waals surface area contributed by atoms with Crippen LogP contribution in [0.15, 0.2) is 199 Å². The topological polar surface area (TPSA) is 263 Å². The molecule has 0 amide bonds. The van der Waals surface area contributed by atoms with E-state index in [1.807, 2.05) is 45.0 Å². The maximum absolute atomic E-state index is 14.3. The Kier molecular flexibility index (Phi) is 12.5. The normalized spacial score (nSPS) is 14.9. The Morgan fingerprint density at radius 1 is 0.338 bits per heavy atom. The first kappa shape index (κ1) is 51.3. The van der Waals surface area contributed by atoms with E-state index in [4.69, 9.17) is 0 Å². The maximum Gasteiger partial charge on any atom is 0.362 e. The zero-order chi connectivity index (χ0) is 54.8. The molecule has 0 unspecified atom stereocenters. The Labute approximate surface area is 442 Å². The number of hydrogen-bond acceptors (Lipinski definition) is 9. The van der Waals surface area contributed by atoms with Gasteiger partial charge in [0.25, 0.3) is 17.3 Å². The lowest BCUT2D eigenvalue weighted by molar-refractivity contribution is -0.00459. The number of Topliss-reactive ketones (excluding diaryl/α,β-unsaturated/α-hetero) is 3. The molecule has 0 heterocycles. The van der Waals surface area contributed by atoms with Crippen molar-refractivity contribution in [3.05, 3.63) is 248 Å². The summed E-state index contributed by atoms with van der Waals surface area (Å²) < 4.78 is 85.5. The van der Waals surface area contributed by atoms with Crippen molar-refractivity contribution in [2.45, 2.75) is 61.0 Å². The fourth-order valence-electron chi connectivity index (χ4n) is 10.1. The lowest BCUT2D eigenvalue weighted by atomic mass is 9.70. The first-order valence-electron chi connectivity index (χ1n) is 23.6. The van der Waals surface area contributed by atoms with Gasteiger partial charge in [0, 0.05) is 62.4 Å². The minimum atomic E-state index is -4.24. The van der Waals surface area contributed by atoms with Crippen molar-refractivity contribution in [3.63, 3.8) is 0 Å². The molecule has 7 aromatic carbocycles. The molecule has 0 saturated heterocycles. The minimum absolute atomic E-state index is 0.0000345. The van der Waals surface area contributed by atoms with Crippen molar-refractivity contribution in [3.8, 4) is 0 Å². The molecule has 18 heteroatoms. The van der Waals surface area contributed by atoms with Gasteiger partial charge in [-0.2, -0.15) is 14.4 Å². The van der Waals surface area contributed by atoms with Gasteiger partial charge in [0.15, 0.2) is 0 Å². The van der Waals surface area contributed by atoms with E-state index in [-0.39, 0.29) is 79.9 Å². The fourth-order valence-corrected chi connectivity index (χ4v) is 14.5. The van der Waals surface area contributed by atoms with Gasteiger partial charge >= 0.3 is 17.1 Å². The molecule has 0 fully saturated rings. The van der Waals surface area contributed by atoms with Gasteiger partial charge in [0.05, 0.1) is 29.4 Å². The summed E-state index contributed by atoms with van der Waals surface area (Å²) >= 11 is 0. The number of benzene rings is 7. The zero-order valence-corrected chi connectivity index (χ0v) is 43.4. The molecule has 77 heavy (non-hydrogen) atoms. The quantitative estimate of drug-likeness (QED) is 0.0677. The highest BCUT2D eigenvalue weighted by atomic mass is 32.2. The van der Waals surface area contributed by atoms with Gasteiger partial charge in [-0.25, -0.2) is 25.3 Å². The molecule has 3 aliphatic rings. The number of carbonyl (C=O) groups excluding carboxylic acids is 3. The van der Waals surface area contributed by atoms with Crippen molar-refractivity contribution < 1.29 is 54.0 Å². The van der Waals surface area contributed by atoms with E-state index in [0.29, 0.717) is 11.1 Å². The molecule has 3 aliphatic carbocycles. The lowest BCUT2D eigenvalue weighted by Crippen LogP contribution is -2.26. The van der Waals surface area contributed by atoms with Crippen LogP contribution in [0.25, 0.3) is 34.8 Å².